The van der Waals surface area contributed by atoms with Crippen LogP contribution >= 0.6 is 0 Å². The monoisotopic (exact) mass is 945 g/mol. The molecule has 1 aliphatic carbocycles. The van der Waals surface area contributed by atoms with E-state index in [1.165, 1.54) is 116 Å². The van der Waals surface area contributed by atoms with Crippen molar-refractivity contribution >= 4 is 38.6 Å². The number of hydrogen-bond donors (Lipinski definition) is 0. The molecule has 13 rings (SSSR count). The van der Waals surface area contributed by atoms with Crippen LogP contribution in [0.1, 0.15) is 41.7 Å². The Morgan fingerprint density at radius 2 is 0.838 bits per heavy atom. The molecular formula is C73H55N. The molecule has 0 saturated carbocycles. The first-order valence-electron chi connectivity index (χ1n) is 26.0. The van der Waals surface area contributed by atoms with Crippen LogP contribution in [0, 0.1) is 6.92 Å². The maximum absolute atomic E-state index is 2.47. The Morgan fingerprint density at radius 1 is 0.311 bits per heavy atom. The topological polar surface area (TPSA) is 3.24 Å². The van der Waals surface area contributed by atoms with Gasteiger partial charge in [-0.15, -0.1) is 0 Å². The van der Waals surface area contributed by atoms with Gasteiger partial charge in [0.25, 0.3) is 0 Å². The van der Waals surface area contributed by atoms with Gasteiger partial charge in [0.15, 0.2) is 0 Å². The lowest BCUT2D eigenvalue weighted by Crippen LogP contribution is -2.15. The molecule has 0 unspecified atom stereocenters. The zero-order valence-electron chi connectivity index (χ0n) is 42.1. The Bertz CT molecular complexity index is 4050. The molecule has 0 aliphatic heterocycles. The fourth-order valence-electron chi connectivity index (χ4n) is 12.0. The molecule has 74 heavy (non-hydrogen) atoms. The Morgan fingerprint density at radius 3 is 1.55 bits per heavy atom. The molecule has 0 spiro atoms. The fraction of sp³-hybridized carbons (Fsp3) is 0.0685. The van der Waals surface area contributed by atoms with Crippen molar-refractivity contribution in [3.63, 3.8) is 0 Å². The number of nitrogens with zero attached hydrogens (tertiary/aromatic N) is 1. The molecule has 1 heteroatoms. The van der Waals surface area contributed by atoms with Gasteiger partial charge in [0.1, 0.15) is 0 Å². The van der Waals surface area contributed by atoms with Crippen molar-refractivity contribution in [1.82, 2.24) is 0 Å². The van der Waals surface area contributed by atoms with E-state index in [0.29, 0.717) is 0 Å². The summed E-state index contributed by atoms with van der Waals surface area (Å²) in [5, 5.41) is 4.93. The van der Waals surface area contributed by atoms with Crippen molar-refractivity contribution in [2.24, 2.45) is 0 Å². The number of rotatable bonds is 10. The van der Waals surface area contributed by atoms with E-state index in [9.17, 15) is 0 Å². The van der Waals surface area contributed by atoms with Gasteiger partial charge in [0.05, 0.1) is 5.69 Å². The minimum atomic E-state index is -0.0820. The van der Waals surface area contributed by atoms with Gasteiger partial charge in [-0.1, -0.05) is 244 Å². The Kier molecular flexibility index (Phi) is 11.2. The van der Waals surface area contributed by atoms with Crippen molar-refractivity contribution in [2.45, 2.75) is 32.6 Å². The third kappa shape index (κ3) is 7.81. The van der Waals surface area contributed by atoms with E-state index in [1.54, 1.807) is 0 Å². The summed E-state index contributed by atoms with van der Waals surface area (Å²) < 4.78 is 0. The zero-order valence-corrected chi connectivity index (χ0v) is 42.1. The van der Waals surface area contributed by atoms with Crippen molar-refractivity contribution in [2.75, 3.05) is 4.90 Å². The standard InChI is InChI=1S/C73H55N/c1-49-34-35-54(51-22-9-5-10-23-51)47-67(49)72-56(26-19-32-60(72)53-24-11-6-12-25-53)46-55-38-42-63(61-28-14-13-27-59(55)61)64-43-45-71(66-31-16-15-29-62(64)66)74(57-39-36-52(37-40-57)50-20-7-4-8-21-50)58-41-44-70-68(48-58)65-30-17-18-33-69(65)73(70,2)3/h4-45,47-48H,46H2,1-3H3. The van der Waals surface area contributed by atoms with Crippen LogP contribution < -0.4 is 4.90 Å². The summed E-state index contributed by atoms with van der Waals surface area (Å²) in [4.78, 5) is 2.47. The summed E-state index contributed by atoms with van der Waals surface area (Å²) in [7, 11) is 0. The first-order chi connectivity index (χ1) is 36.4. The number of anilines is 3. The molecule has 352 valence electrons. The summed E-state index contributed by atoms with van der Waals surface area (Å²) in [5.41, 5.74) is 24.9. The minimum absolute atomic E-state index is 0.0820. The Hall–Kier alpha value is -9.04. The predicted molar refractivity (Wildman–Crippen MR) is 315 cm³/mol. The lowest BCUT2D eigenvalue weighted by atomic mass is 9.82. The highest BCUT2D eigenvalue weighted by Crippen LogP contribution is 2.52. The largest absolute Gasteiger partial charge is 0.310 e. The summed E-state index contributed by atoms with van der Waals surface area (Å²) in [6, 6.07) is 98.7. The second-order valence-corrected chi connectivity index (χ2v) is 20.4. The van der Waals surface area contributed by atoms with Gasteiger partial charge in [-0.25, -0.2) is 0 Å². The number of benzene rings is 12. The smallest absolute Gasteiger partial charge is 0.0540 e. The molecule has 0 bridgehead atoms. The summed E-state index contributed by atoms with van der Waals surface area (Å²) in [6.45, 7) is 6.96. The highest BCUT2D eigenvalue weighted by atomic mass is 15.1. The SMILES string of the molecule is Cc1ccc(-c2ccccc2)cc1-c1c(Cc2ccc(-c3ccc(N(c4ccc(-c5ccccc5)cc4)c4ccc5c(c4)-c4ccccc4C5(C)C)c4ccccc34)c3ccccc23)cccc1-c1ccccc1. The van der Waals surface area contributed by atoms with Gasteiger partial charge in [0, 0.05) is 22.2 Å². The highest BCUT2D eigenvalue weighted by molar-refractivity contribution is 6.11. The molecule has 1 aliphatic rings. The van der Waals surface area contributed by atoms with E-state index in [-0.39, 0.29) is 5.41 Å². The molecule has 0 N–H and O–H groups in total. The van der Waals surface area contributed by atoms with Crippen LogP contribution in [-0.2, 0) is 11.8 Å². The maximum atomic E-state index is 2.47. The molecule has 0 atom stereocenters. The Labute approximate surface area is 435 Å². The minimum Gasteiger partial charge on any atom is -0.310 e. The summed E-state index contributed by atoms with van der Waals surface area (Å²) in [5.74, 6) is 0. The van der Waals surface area contributed by atoms with E-state index in [2.05, 4.69) is 293 Å². The van der Waals surface area contributed by atoms with E-state index < -0.39 is 0 Å². The van der Waals surface area contributed by atoms with Crippen molar-refractivity contribution < 1.29 is 0 Å². The number of hydrogen-bond acceptors (Lipinski definition) is 1. The second kappa shape index (κ2) is 18.5. The molecular weight excluding hydrogens is 891 g/mol. The van der Waals surface area contributed by atoms with E-state index in [1.807, 2.05) is 0 Å². The number of aryl methyl sites for hydroxylation is 1. The average Bonchev–Trinajstić information content (AvgIpc) is 3.73. The molecule has 0 saturated heterocycles. The van der Waals surface area contributed by atoms with Gasteiger partial charge >= 0.3 is 0 Å². The lowest BCUT2D eigenvalue weighted by Gasteiger charge is -2.29. The molecule has 0 fully saturated rings. The van der Waals surface area contributed by atoms with Gasteiger partial charge < -0.3 is 4.90 Å². The zero-order chi connectivity index (χ0) is 49.8. The first kappa shape index (κ1) is 44.9. The molecule has 0 aromatic heterocycles. The van der Waals surface area contributed by atoms with E-state index in [0.717, 1.165) is 23.5 Å². The Balaban J connectivity index is 0.943. The van der Waals surface area contributed by atoms with Gasteiger partial charge in [-0.2, -0.15) is 0 Å². The molecule has 0 radical (unpaired) electrons. The van der Waals surface area contributed by atoms with Crippen LogP contribution in [0.3, 0.4) is 0 Å². The van der Waals surface area contributed by atoms with Gasteiger partial charge in [0.2, 0.25) is 0 Å². The highest BCUT2D eigenvalue weighted by Gasteiger charge is 2.35. The fourth-order valence-corrected chi connectivity index (χ4v) is 12.0. The van der Waals surface area contributed by atoms with E-state index in [4.69, 9.17) is 0 Å². The third-order valence-corrected chi connectivity index (χ3v) is 15.7. The summed E-state index contributed by atoms with van der Waals surface area (Å²) >= 11 is 0. The van der Waals surface area contributed by atoms with Crippen LogP contribution in [0.4, 0.5) is 17.1 Å². The van der Waals surface area contributed by atoms with Gasteiger partial charge in [-0.05, 0) is 160 Å². The molecule has 12 aromatic carbocycles. The molecule has 0 heterocycles. The second-order valence-electron chi connectivity index (χ2n) is 20.4. The predicted octanol–water partition coefficient (Wildman–Crippen LogP) is 20.0. The van der Waals surface area contributed by atoms with Crippen molar-refractivity contribution in [1.29, 1.82) is 0 Å². The lowest BCUT2D eigenvalue weighted by molar-refractivity contribution is 0.660. The van der Waals surface area contributed by atoms with Crippen LogP contribution in [0.15, 0.2) is 267 Å². The van der Waals surface area contributed by atoms with Crippen LogP contribution in [0.25, 0.3) is 88.3 Å². The van der Waals surface area contributed by atoms with Crippen molar-refractivity contribution in [3.8, 4) is 66.8 Å². The van der Waals surface area contributed by atoms with Gasteiger partial charge in [-0.3, -0.25) is 0 Å². The van der Waals surface area contributed by atoms with Crippen LogP contribution in [-0.4, -0.2) is 0 Å². The first-order valence-corrected chi connectivity index (χ1v) is 26.0. The normalized spacial score (nSPS) is 12.4. The number of fused-ring (bicyclic) bond motifs is 5. The average molecular weight is 946 g/mol. The maximum Gasteiger partial charge on any atom is 0.0540 e. The molecule has 1 nitrogen and oxygen atoms in total. The summed E-state index contributed by atoms with van der Waals surface area (Å²) in [6.07, 6.45) is 0.784. The molecule has 0 amide bonds. The molecule has 12 aromatic rings. The third-order valence-electron chi connectivity index (χ3n) is 15.7. The van der Waals surface area contributed by atoms with Crippen molar-refractivity contribution in [3.05, 3.63) is 295 Å². The quantitative estimate of drug-likeness (QED) is 0.132. The van der Waals surface area contributed by atoms with E-state index >= 15 is 0 Å². The van der Waals surface area contributed by atoms with Crippen LogP contribution in [0.2, 0.25) is 0 Å². The van der Waals surface area contributed by atoms with Crippen LogP contribution in [0.5, 0.6) is 0 Å².